The van der Waals surface area contributed by atoms with Gasteiger partial charge in [-0.2, -0.15) is 0 Å². The standard InChI is InChI=1S/C24H32N2O2/c1-20(22-12-6-3-7-13-22)28-17-9-15-25-24(27)23-14-8-16-26(19-23)18-21-10-4-2-5-11-21/h2-7,10-13,20,23H,8-9,14-19H2,1H3,(H,25,27). The maximum absolute atomic E-state index is 12.5. The Morgan fingerprint density at radius 1 is 1.14 bits per heavy atom. The number of carbonyl (C=O) groups excluding carboxylic acids is 1. The molecule has 1 aliphatic heterocycles. The summed E-state index contributed by atoms with van der Waals surface area (Å²) in [6.07, 6.45) is 2.99. The van der Waals surface area contributed by atoms with Crippen LogP contribution in [0.3, 0.4) is 0 Å². The first-order valence-electron chi connectivity index (χ1n) is 10.4. The van der Waals surface area contributed by atoms with Gasteiger partial charge in [0.2, 0.25) is 5.91 Å². The highest BCUT2D eigenvalue weighted by molar-refractivity contribution is 5.78. The number of hydrogen-bond donors (Lipinski definition) is 1. The van der Waals surface area contributed by atoms with Crippen molar-refractivity contribution in [1.82, 2.24) is 10.2 Å². The van der Waals surface area contributed by atoms with E-state index >= 15 is 0 Å². The molecule has 0 saturated carbocycles. The third kappa shape index (κ3) is 6.47. The van der Waals surface area contributed by atoms with Crippen LogP contribution in [0.25, 0.3) is 0 Å². The molecule has 0 bridgehead atoms. The third-order valence-corrected chi connectivity index (χ3v) is 5.38. The van der Waals surface area contributed by atoms with Crippen LogP contribution in [0.1, 0.15) is 43.4 Å². The number of rotatable bonds is 9. The van der Waals surface area contributed by atoms with Gasteiger partial charge in [0.05, 0.1) is 12.0 Å². The molecule has 2 aromatic carbocycles. The van der Waals surface area contributed by atoms with Crippen molar-refractivity contribution >= 4 is 5.91 Å². The van der Waals surface area contributed by atoms with Crippen LogP contribution in [-0.4, -0.2) is 37.0 Å². The van der Waals surface area contributed by atoms with E-state index < -0.39 is 0 Å². The molecule has 0 spiro atoms. The first-order valence-corrected chi connectivity index (χ1v) is 10.4. The van der Waals surface area contributed by atoms with Crippen molar-refractivity contribution in [2.75, 3.05) is 26.2 Å². The maximum Gasteiger partial charge on any atom is 0.224 e. The second-order valence-electron chi connectivity index (χ2n) is 7.63. The molecule has 1 N–H and O–H groups in total. The lowest BCUT2D eigenvalue weighted by molar-refractivity contribution is -0.126. The lowest BCUT2D eigenvalue weighted by atomic mass is 9.96. The van der Waals surface area contributed by atoms with Gasteiger partial charge in [-0.15, -0.1) is 0 Å². The highest BCUT2D eigenvalue weighted by Gasteiger charge is 2.25. The lowest BCUT2D eigenvalue weighted by Gasteiger charge is -2.32. The van der Waals surface area contributed by atoms with E-state index in [-0.39, 0.29) is 17.9 Å². The quantitative estimate of drug-likeness (QED) is 0.664. The Morgan fingerprint density at radius 3 is 2.61 bits per heavy atom. The molecule has 0 radical (unpaired) electrons. The van der Waals surface area contributed by atoms with E-state index in [0.717, 1.165) is 38.9 Å². The van der Waals surface area contributed by atoms with Gasteiger partial charge in [0, 0.05) is 26.2 Å². The molecule has 3 rings (SSSR count). The van der Waals surface area contributed by atoms with Gasteiger partial charge in [-0.05, 0) is 43.9 Å². The Bertz CT molecular complexity index is 705. The van der Waals surface area contributed by atoms with Crippen LogP contribution in [0.5, 0.6) is 0 Å². The zero-order valence-corrected chi connectivity index (χ0v) is 16.8. The summed E-state index contributed by atoms with van der Waals surface area (Å²) in [5.41, 5.74) is 2.50. The Balaban J connectivity index is 1.33. The van der Waals surface area contributed by atoms with Crippen molar-refractivity contribution in [1.29, 1.82) is 0 Å². The highest BCUT2D eigenvalue weighted by atomic mass is 16.5. The minimum atomic E-state index is 0.0850. The van der Waals surface area contributed by atoms with E-state index in [2.05, 4.69) is 53.5 Å². The van der Waals surface area contributed by atoms with Crippen LogP contribution in [0.15, 0.2) is 60.7 Å². The second kappa shape index (κ2) is 11.0. The number of ether oxygens (including phenoxy) is 1. The van der Waals surface area contributed by atoms with E-state index in [1.54, 1.807) is 0 Å². The SMILES string of the molecule is CC(OCCCNC(=O)C1CCCN(Cc2ccccc2)C1)c1ccccc1. The molecule has 4 heteroatoms. The summed E-state index contributed by atoms with van der Waals surface area (Å²) >= 11 is 0. The monoisotopic (exact) mass is 380 g/mol. The molecule has 1 aliphatic rings. The second-order valence-corrected chi connectivity index (χ2v) is 7.63. The van der Waals surface area contributed by atoms with Gasteiger partial charge in [-0.25, -0.2) is 0 Å². The molecule has 1 heterocycles. The van der Waals surface area contributed by atoms with Gasteiger partial charge in [-0.3, -0.25) is 9.69 Å². The van der Waals surface area contributed by atoms with Crippen LogP contribution < -0.4 is 5.32 Å². The van der Waals surface area contributed by atoms with Crippen LogP contribution in [0.4, 0.5) is 0 Å². The Kier molecular flexibility index (Phi) is 8.07. The summed E-state index contributed by atoms with van der Waals surface area (Å²) in [6, 6.07) is 20.7. The van der Waals surface area contributed by atoms with E-state index in [0.29, 0.717) is 13.2 Å². The Labute approximate surface area is 168 Å². The Morgan fingerprint density at radius 2 is 1.86 bits per heavy atom. The molecular formula is C24H32N2O2. The topological polar surface area (TPSA) is 41.6 Å². The highest BCUT2D eigenvalue weighted by Crippen LogP contribution is 2.19. The average Bonchev–Trinajstić information content (AvgIpc) is 2.75. The average molecular weight is 381 g/mol. The van der Waals surface area contributed by atoms with Crippen LogP contribution in [-0.2, 0) is 16.1 Å². The van der Waals surface area contributed by atoms with E-state index in [9.17, 15) is 4.79 Å². The molecule has 150 valence electrons. The number of nitrogens with zero attached hydrogens (tertiary/aromatic N) is 1. The molecule has 0 aromatic heterocycles. The van der Waals surface area contributed by atoms with Gasteiger partial charge < -0.3 is 10.1 Å². The molecule has 1 saturated heterocycles. The largest absolute Gasteiger partial charge is 0.374 e. The van der Waals surface area contributed by atoms with Gasteiger partial charge in [0.1, 0.15) is 0 Å². The van der Waals surface area contributed by atoms with Crippen molar-refractivity contribution in [2.45, 2.75) is 38.8 Å². The number of likely N-dealkylation sites (tertiary alicyclic amines) is 1. The van der Waals surface area contributed by atoms with E-state index in [4.69, 9.17) is 4.74 Å². The van der Waals surface area contributed by atoms with Crippen molar-refractivity contribution in [3.63, 3.8) is 0 Å². The summed E-state index contributed by atoms with van der Waals surface area (Å²) in [5, 5.41) is 3.10. The number of hydrogen-bond acceptors (Lipinski definition) is 3. The van der Waals surface area contributed by atoms with E-state index in [1.165, 1.54) is 11.1 Å². The molecule has 2 unspecified atom stereocenters. The lowest BCUT2D eigenvalue weighted by Crippen LogP contribution is -2.43. The molecule has 2 atom stereocenters. The molecule has 1 amide bonds. The normalized spacial score (nSPS) is 18.5. The Hall–Kier alpha value is -2.17. The van der Waals surface area contributed by atoms with Gasteiger partial charge in [0.25, 0.3) is 0 Å². The van der Waals surface area contributed by atoms with Crippen molar-refractivity contribution in [3.8, 4) is 0 Å². The van der Waals surface area contributed by atoms with Crippen molar-refractivity contribution < 1.29 is 9.53 Å². The van der Waals surface area contributed by atoms with Gasteiger partial charge >= 0.3 is 0 Å². The minimum Gasteiger partial charge on any atom is -0.374 e. The summed E-state index contributed by atoms with van der Waals surface area (Å²) in [6.45, 7) is 6.25. The predicted octanol–water partition coefficient (Wildman–Crippen LogP) is 4.18. The molecule has 1 fully saturated rings. The minimum absolute atomic E-state index is 0.0850. The van der Waals surface area contributed by atoms with Gasteiger partial charge in [-0.1, -0.05) is 60.7 Å². The van der Waals surface area contributed by atoms with Crippen LogP contribution >= 0.6 is 0 Å². The number of nitrogens with one attached hydrogen (secondary N) is 1. The molecule has 28 heavy (non-hydrogen) atoms. The fourth-order valence-corrected chi connectivity index (χ4v) is 3.76. The fourth-order valence-electron chi connectivity index (χ4n) is 3.76. The fraction of sp³-hybridized carbons (Fsp3) is 0.458. The summed E-state index contributed by atoms with van der Waals surface area (Å²) in [5.74, 6) is 0.287. The summed E-state index contributed by atoms with van der Waals surface area (Å²) < 4.78 is 5.88. The zero-order valence-electron chi connectivity index (χ0n) is 16.8. The third-order valence-electron chi connectivity index (χ3n) is 5.38. The van der Waals surface area contributed by atoms with E-state index in [1.807, 2.05) is 24.3 Å². The maximum atomic E-state index is 12.5. The van der Waals surface area contributed by atoms with Crippen molar-refractivity contribution in [2.24, 2.45) is 5.92 Å². The zero-order chi connectivity index (χ0) is 19.6. The number of amides is 1. The van der Waals surface area contributed by atoms with Gasteiger partial charge in [0.15, 0.2) is 0 Å². The molecule has 0 aliphatic carbocycles. The van der Waals surface area contributed by atoms with Crippen LogP contribution in [0, 0.1) is 5.92 Å². The predicted molar refractivity (Wildman–Crippen MR) is 113 cm³/mol. The van der Waals surface area contributed by atoms with Crippen LogP contribution in [0.2, 0.25) is 0 Å². The first kappa shape index (κ1) is 20.6. The summed E-state index contributed by atoms with van der Waals surface area (Å²) in [7, 11) is 0. The number of benzene rings is 2. The number of piperidine rings is 1. The van der Waals surface area contributed by atoms with Crippen molar-refractivity contribution in [3.05, 3.63) is 71.8 Å². The summed E-state index contributed by atoms with van der Waals surface area (Å²) in [4.78, 5) is 14.9. The number of carbonyl (C=O) groups is 1. The molecular weight excluding hydrogens is 348 g/mol. The molecule has 2 aromatic rings. The first-order chi connectivity index (χ1) is 13.7. The molecule has 4 nitrogen and oxygen atoms in total. The smallest absolute Gasteiger partial charge is 0.224 e.